The zero-order valence-electron chi connectivity index (χ0n) is 12.7. The molecule has 0 aliphatic carbocycles. The number of benzene rings is 1. The molecule has 0 atom stereocenters. The Morgan fingerprint density at radius 1 is 1.14 bits per heavy atom. The lowest BCUT2D eigenvalue weighted by Gasteiger charge is -2.27. The third kappa shape index (κ3) is 5.83. The molecule has 1 heterocycles. The number of piperidine rings is 1. The van der Waals surface area contributed by atoms with Crippen LogP contribution in [-0.2, 0) is 21.1 Å². The first-order valence-corrected chi connectivity index (χ1v) is 7.58. The van der Waals surface area contributed by atoms with Gasteiger partial charge in [0.15, 0.2) is 0 Å². The Morgan fingerprint density at radius 3 is 2.52 bits per heavy atom. The minimum atomic E-state index is -0.246. The van der Waals surface area contributed by atoms with Gasteiger partial charge in [0.1, 0.15) is 6.61 Å². The summed E-state index contributed by atoms with van der Waals surface area (Å²) in [6, 6.07) is 9.72. The van der Waals surface area contributed by atoms with Crippen molar-refractivity contribution >= 4 is 5.91 Å². The van der Waals surface area contributed by atoms with Crippen LogP contribution in [0.2, 0.25) is 0 Å². The van der Waals surface area contributed by atoms with E-state index < -0.39 is 0 Å². The Balaban J connectivity index is 1.70. The number of hydrogen-bond donors (Lipinski definition) is 0. The third-order valence-corrected chi connectivity index (χ3v) is 3.51. The molecule has 116 valence electrons. The van der Waals surface area contributed by atoms with Crippen LogP contribution in [0.3, 0.4) is 0 Å². The first kappa shape index (κ1) is 15.9. The highest BCUT2D eigenvalue weighted by molar-refractivity contribution is 5.70. The maximum atomic E-state index is 11.5. The lowest BCUT2D eigenvalue weighted by molar-refractivity contribution is -0.346. The minimum absolute atomic E-state index is 0.246. The molecule has 0 N–H and O–H groups in total. The fourth-order valence-corrected chi connectivity index (χ4v) is 2.36. The number of hydroxylamine groups is 2. The molecular weight excluding hydrogens is 268 g/mol. The number of likely N-dealkylation sites (tertiary alicyclic amines) is 1. The number of nitrogens with zero attached hydrogens (tertiary/aromatic N) is 2. The summed E-state index contributed by atoms with van der Waals surface area (Å²) in [5.74, 6) is -0.246. The molecule has 1 aliphatic rings. The van der Waals surface area contributed by atoms with Crippen LogP contribution in [-0.4, -0.2) is 42.3 Å². The monoisotopic (exact) mass is 292 g/mol. The molecule has 0 unspecified atom stereocenters. The number of carbonyl (C=O) groups excluding carboxylic acids is 1. The molecule has 1 aromatic carbocycles. The van der Waals surface area contributed by atoms with Gasteiger partial charge in [-0.25, -0.2) is 9.68 Å². The van der Waals surface area contributed by atoms with Gasteiger partial charge in [0.05, 0.1) is 6.61 Å². The summed E-state index contributed by atoms with van der Waals surface area (Å²) in [5, 5.41) is 0.997. The van der Waals surface area contributed by atoms with Gasteiger partial charge in [-0.3, -0.25) is 4.79 Å². The minimum Gasteiger partial charge on any atom is -0.301 e. The molecule has 0 aromatic heterocycles. The van der Waals surface area contributed by atoms with E-state index in [-0.39, 0.29) is 5.91 Å². The lowest BCUT2D eigenvalue weighted by atomic mass is 10.1. The van der Waals surface area contributed by atoms with Crippen LogP contribution in [0.1, 0.15) is 31.7 Å². The van der Waals surface area contributed by atoms with Crippen LogP contribution in [0.15, 0.2) is 30.3 Å². The first-order chi connectivity index (χ1) is 10.3. The summed E-state index contributed by atoms with van der Waals surface area (Å²) in [5.41, 5.74) is 1.00. The highest BCUT2D eigenvalue weighted by atomic mass is 17.0. The summed E-state index contributed by atoms with van der Waals surface area (Å²) in [6.45, 7) is 5.30. The number of hydrogen-bond acceptors (Lipinski definition) is 4. The lowest BCUT2D eigenvalue weighted by Crippen LogP contribution is -2.36. The van der Waals surface area contributed by atoms with Crippen LogP contribution in [0.5, 0.6) is 0 Å². The van der Waals surface area contributed by atoms with Gasteiger partial charge in [0.25, 0.3) is 5.91 Å². The fourth-order valence-electron chi connectivity index (χ4n) is 2.36. The van der Waals surface area contributed by atoms with Gasteiger partial charge in [0, 0.05) is 13.5 Å². The van der Waals surface area contributed by atoms with Gasteiger partial charge in [0.2, 0.25) is 0 Å². The maximum Gasteiger partial charge on any atom is 0.270 e. The predicted octanol–water partition coefficient (Wildman–Crippen LogP) is 2.38. The standard InChI is InChI=1S/C16H24N2O3/c1-15(19)18(21-14-16-8-4-2-5-9-16)20-13-12-17-10-6-3-7-11-17/h2,4-5,8-9H,3,6-7,10-14H2,1H3. The highest BCUT2D eigenvalue weighted by Gasteiger charge is 2.13. The summed E-state index contributed by atoms with van der Waals surface area (Å²) < 4.78 is 0. The second-order valence-electron chi connectivity index (χ2n) is 5.27. The SMILES string of the molecule is CC(=O)N(OCCN1CCCCC1)OCc1ccccc1. The van der Waals surface area contributed by atoms with Crippen molar-refractivity contribution in [2.24, 2.45) is 0 Å². The molecule has 0 spiro atoms. The van der Waals surface area contributed by atoms with Crippen LogP contribution in [0, 0.1) is 0 Å². The Kier molecular flexibility index (Phi) is 6.66. The molecule has 21 heavy (non-hydrogen) atoms. The van der Waals surface area contributed by atoms with Gasteiger partial charge in [-0.05, 0) is 31.5 Å². The van der Waals surface area contributed by atoms with Crippen LogP contribution in [0.25, 0.3) is 0 Å². The second-order valence-corrected chi connectivity index (χ2v) is 5.27. The zero-order valence-corrected chi connectivity index (χ0v) is 12.7. The van der Waals surface area contributed by atoms with Crippen molar-refractivity contribution in [1.82, 2.24) is 10.1 Å². The van der Waals surface area contributed by atoms with E-state index in [0.29, 0.717) is 13.2 Å². The summed E-state index contributed by atoms with van der Waals surface area (Å²) in [7, 11) is 0. The van der Waals surface area contributed by atoms with Crippen LogP contribution >= 0.6 is 0 Å². The number of carbonyl (C=O) groups is 1. The molecule has 1 amide bonds. The maximum absolute atomic E-state index is 11.5. The molecule has 0 saturated carbocycles. The van der Waals surface area contributed by atoms with E-state index in [2.05, 4.69) is 4.90 Å². The van der Waals surface area contributed by atoms with Gasteiger partial charge in [-0.15, -0.1) is 0 Å². The number of rotatable bonds is 7. The topological polar surface area (TPSA) is 42.0 Å². The molecule has 5 heteroatoms. The molecule has 0 radical (unpaired) electrons. The normalized spacial score (nSPS) is 15.9. The zero-order chi connectivity index (χ0) is 14.9. The van der Waals surface area contributed by atoms with Gasteiger partial charge >= 0.3 is 0 Å². The first-order valence-electron chi connectivity index (χ1n) is 7.58. The molecular formula is C16H24N2O3. The van der Waals surface area contributed by atoms with E-state index in [9.17, 15) is 4.79 Å². The fraction of sp³-hybridized carbons (Fsp3) is 0.562. The van der Waals surface area contributed by atoms with Crippen molar-refractivity contribution in [3.8, 4) is 0 Å². The summed E-state index contributed by atoms with van der Waals surface area (Å²) in [6.07, 6.45) is 3.82. The van der Waals surface area contributed by atoms with E-state index in [0.717, 1.165) is 30.4 Å². The molecule has 0 bridgehead atoms. The van der Waals surface area contributed by atoms with Crippen molar-refractivity contribution in [3.05, 3.63) is 35.9 Å². The molecule has 1 aromatic rings. The summed E-state index contributed by atoms with van der Waals surface area (Å²) >= 11 is 0. The van der Waals surface area contributed by atoms with Crippen molar-refractivity contribution in [1.29, 1.82) is 0 Å². The Bertz CT molecular complexity index is 419. The molecule has 1 saturated heterocycles. The molecule has 1 aliphatic heterocycles. The predicted molar refractivity (Wildman–Crippen MR) is 80.0 cm³/mol. The van der Waals surface area contributed by atoms with E-state index >= 15 is 0 Å². The smallest absolute Gasteiger partial charge is 0.270 e. The van der Waals surface area contributed by atoms with Gasteiger partial charge in [-0.1, -0.05) is 42.0 Å². The quantitative estimate of drug-likeness (QED) is 0.724. The van der Waals surface area contributed by atoms with Gasteiger partial charge in [-0.2, -0.15) is 0 Å². The van der Waals surface area contributed by atoms with Crippen molar-refractivity contribution < 1.29 is 14.5 Å². The summed E-state index contributed by atoms with van der Waals surface area (Å²) in [4.78, 5) is 24.7. The molecule has 2 rings (SSSR count). The Labute approximate surface area is 126 Å². The molecule has 5 nitrogen and oxygen atoms in total. The number of amides is 1. The van der Waals surface area contributed by atoms with Crippen LogP contribution in [0.4, 0.5) is 0 Å². The van der Waals surface area contributed by atoms with E-state index in [1.54, 1.807) is 0 Å². The second kappa shape index (κ2) is 8.77. The third-order valence-electron chi connectivity index (χ3n) is 3.51. The van der Waals surface area contributed by atoms with Crippen molar-refractivity contribution in [2.75, 3.05) is 26.2 Å². The average molecular weight is 292 g/mol. The van der Waals surface area contributed by atoms with E-state index in [1.807, 2.05) is 30.3 Å². The van der Waals surface area contributed by atoms with E-state index in [1.165, 1.54) is 26.2 Å². The average Bonchev–Trinajstić information content (AvgIpc) is 2.52. The van der Waals surface area contributed by atoms with Crippen molar-refractivity contribution in [3.63, 3.8) is 0 Å². The van der Waals surface area contributed by atoms with Gasteiger partial charge < -0.3 is 4.90 Å². The molecule has 1 fully saturated rings. The Hall–Kier alpha value is -1.43. The Morgan fingerprint density at radius 2 is 1.86 bits per heavy atom. The van der Waals surface area contributed by atoms with E-state index in [4.69, 9.17) is 9.68 Å². The largest absolute Gasteiger partial charge is 0.301 e. The highest BCUT2D eigenvalue weighted by Crippen LogP contribution is 2.08. The van der Waals surface area contributed by atoms with Crippen molar-refractivity contribution in [2.45, 2.75) is 32.8 Å². The van der Waals surface area contributed by atoms with Crippen LogP contribution < -0.4 is 0 Å².